The van der Waals surface area contributed by atoms with Gasteiger partial charge in [-0.05, 0) is 50.1 Å². The van der Waals surface area contributed by atoms with Crippen LogP contribution < -0.4 is 4.90 Å². The van der Waals surface area contributed by atoms with Crippen molar-refractivity contribution >= 4 is 46.2 Å². The number of anilines is 1. The topological polar surface area (TPSA) is 54.7 Å². The second kappa shape index (κ2) is 6.11. The fraction of sp³-hybridized carbons (Fsp3) is 0.211. The van der Waals surface area contributed by atoms with Gasteiger partial charge in [0.15, 0.2) is 11.4 Å². The van der Waals surface area contributed by atoms with Crippen molar-refractivity contribution in [3.63, 3.8) is 0 Å². The number of aryl methyl sites for hydroxylation is 1. The number of fused-ring (bicyclic) bond motifs is 2. The van der Waals surface area contributed by atoms with Crippen molar-refractivity contribution in [2.24, 2.45) is 0 Å². The van der Waals surface area contributed by atoms with Crippen LogP contribution in [0, 0.1) is 6.92 Å². The second-order valence-electron chi connectivity index (χ2n) is 6.35. The van der Waals surface area contributed by atoms with Crippen molar-refractivity contribution in [2.75, 3.05) is 11.4 Å². The Kier molecular flexibility index (Phi) is 4.01. The van der Waals surface area contributed by atoms with Gasteiger partial charge in [0, 0.05) is 24.0 Å². The van der Waals surface area contributed by atoms with E-state index < -0.39 is 0 Å². The Hall–Kier alpha value is -2.37. The molecule has 3 aromatic rings. The van der Waals surface area contributed by atoms with Crippen LogP contribution >= 0.6 is 23.2 Å². The highest BCUT2D eigenvalue weighted by Gasteiger charge is 2.29. The average molecular weight is 388 g/mol. The lowest BCUT2D eigenvalue weighted by atomic mass is 10.1. The van der Waals surface area contributed by atoms with Gasteiger partial charge in [0.25, 0.3) is 5.91 Å². The third kappa shape index (κ3) is 2.59. The van der Waals surface area contributed by atoms with E-state index in [1.54, 1.807) is 34.6 Å². The van der Waals surface area contributed by atoms with Crippen LogP contribution in [0.25, 0.3) is 5.65 Å². The molecular weight excluding hydrogens is 373 g/mol. The summed E-state index contributed by atoms with van der Waals surface area (Å²) in [4.78, 5) is 31.0. The molecule has 1 aliphatic heterocycles. The van der Waals surface area contributed by atoms with Gasteiger partial charge < -0.3 is 4.90 Å². The second-order valence-corrected chi connectivity index (χ2v) is 7.20. The molecule has 5 nitrogen and oxygen atoms in total. The lowest BCUT2D eigenvalue weighted by molar-refractivity contribution is 0.0981. The van der Waals surface area contributed by atoms with Gasteiger partial charge in [-0.15, -0.1) is 0 Å². The first-order chi connectivity index (χ1) is 12.4. The molecule has 7 heteroatoms. The van der Waals surface area contributed by atoms with Crippen LogP contribution in [0.5, 0.6) is 0 Å². The minimum atomic E-state index is -0.164. The smallest absolute Gasteiger partial charge is 0.277 e. The lowest BCUT2D eigenvalue weighted by Crippen LogP contribution is -2.30. The van der Waals surface area contributed by atoms with Crippen molar-refractivity contribution in [3.05, 3.63) is 63.0 Å². The maximum atomic E-state index is 13.3. The van der Waals surface area contributed by atoms with Crippen molar-refractivity contribution in [1.29, 1.82) is 0 Å². The molecule has 132 valence electrons. The molecule has 1 amide bonds. The van der Waals surface area contributed by atoms with Gasteiger partial charge in [0.1, 0.15) is 5.69 Å². The molecule has 1 aromatic carbocycles. The Morgan fingerprint density at radius 2 is 1.96 bits per heavy atom. The molecule has 2 aromatic heterocycles. The summed E-state index contributed by atoms with van der Waals surface area (Å²) in [5.74, 6) is -0.151. The van der Waals surface area contributed by atoms with E-state index in [0.717, 1.165) is 11.3 Å². The molecule has 0 saturated carbocycles. The first-order valence-electron chi connectivity index (χ1n) is 8.16. The maximum absolute atomic E-state index is 13.3. The number of benzene rings is 1. The number of carbonyl (C=O) groups excluding carboxylic acids is 2. The summed E-state index contributed by atoms with van der Waals surface area (Å²) in [7, 11) is 0. The lowest BCUT2D eigenvalue weighted by Gasteiger charge is -2.18. The van der Waals surface area contributed by atoms with Crippen molar-refractivity contribution in [2.45, 2.75) is 20.3 Å². The fourth-order valence-corrected chi connectivity index (χ4v) is 3.92. The molecule has 0 unspecified atom stereocenters. The Morgan fingerprint density at radius 1 is 1.19 bits per heavy atom. The largest absolute Gasteiger partial charge is 0.306 e. The highest BCUT2D eigenvalue weighted by Crippen LogP contribution is 2.32. The number of imidazole rings is 1. The zero-order valence-electron chi connectivity index (χ0n) is 14.2. The standard InChI is InChI=1S/C19H15Cl2N3O2/c1-10-17(24-9-14(20)8-15(21)18(24)22-10)19(26)23-6-5-13-7-12(11(2)25)3-4-16(13)23/h3-4,7-9H,5-6H2,1-2H3. The number of hydrogen-bond donors (Lipinski definition) is 0. The predicted molar refractivity (Wildman–Crippen MR) is 102 cm³/mol. The summed E-state index contributed by atoms with van der Waals surface area (Å²) in [6.07, 6.45) is 2.35. The first-order valence-corrected chi connectivity index (χ1v) is 8.92. The third-order valence-electron chi connectivity index (χ3n) is 4.65. The Bertz CT molecular complexity index is 1090. The highest BCUT2D eigenvalue weighted by molar-refractivity contribution is 6.36. The van der Waals surface area contributed by atoms with Crippen molar-refractivity contribution in [1.82, 2.24) is 9.38 Å². The van der Waals surface area contributed by atoms with E-state index in [1.807, 2.05) is 12.1 Å². The van der Waals surface area contributed by atoms with Crippen LogP contribution in [0.1, 0.15) is 39.0 Å². The van der Waals surface area contributed by atoms with E-state index in [4.69, 9.17) is 23.2 Å². The van der Waals surface area contributed by atoms with Gasteiger partial charge in [0.2, 0.25) is 0 Å². The van der Waals surface area contributed by atoms with Crippen LogP contribution in [0.3, 0.4) is 0 Å². The summed E-state index contributed by atoms with van der Waals surface area (Å²) >= 11 is 12.3. The quantitative estimate of drug-likeness (QED) is 0.614. The zero-order chi connectivity index (χ0) is 18.6. The summed E-state index contributed by atoms with van der Waals surface area (Å²) in [6.45, 7) is 3.87. The number of rotatable bonds is 2. The Morgan fingerprint density at radius 3 is 2.69 bits per heavy atom. The Labute approximate surface area is 160 Å². The van der Waals surface area contributed by atoms with E-state index >= 15 is 0 Å². The number of aromatic nitrogens is 2. The number of amides is 1. The van der Waals surface area contributed by atoms with Gasteiger partial charge in [-0.2, -0.15) is 0 Å². The molecule has 4 rings (SSSR count). The summed E-state index contributed by atoms with van der Waals surface area (Å²) < 4.78 is 1.64. The first kappa shape index (κ1) is 17.1. The molecule has 0 bridgehead atoms. The average Bonchev–Trinajstić information content (AvgIpc) is 3.14. The molecule has 0 N–H and O–H groups in total. The van der Waals surface area contributed by atoms with Gasteiger partial charge in [-0.1, -0.05) is 23.2 Å². The van der Waals surface area contributed by atoms with E-state index in [0.29, 0.717) is 45.6 Å². The summed E-state index contributed by atoms with van der Waals surface area (Å²) in [5.41, 5.74) is 4.00. The molecule has 0 saturated heterocycles. The number of pyridine rings is 1. The van der Waals surface area contributed by atoms with Crippen LogP contribution in [-0.2, 0) is 6.42 Å². The Balaban J connectivity index is 1.81. The highest BCUT2D eigenvalue weighted by atomic mass is 35.5. The minimum absolute atomic E-state index is 0.0134. The van der Waals surface area contributed by atoms with Crippen LogP contribution in [0.4, 0.5) is 5.69 Å². The molecule has 26 heavy (non-hydrogen) atoms. The molecule has 3 heterocycles. The minimum Gasteiger partial charge on any atom is -0.306 e. The number of halogens is 2. The molecule has 0 radical (unpaired) electrons. The van der Waals surface area contributed by atoms with Crippen LogP contribution in [-0.4, -0.2) is 27.6 Å². The number of hydrogen-bond acceptors (Lipinski definition) is 3. The third-order valence-corrected chi connectivity index (χ3v) is 5.13. The molecule has 0 fully saturated rings. The molecular formula is C19H15Cl2N3O2. The van der Waals surface area contributed by atoms with Gasteiger partial charge >= 0.3 is 0 Å². The van der Waals surface area contributed by atoms with E-state index in [9.17, 15) is 9.59 Å². The van der Waals surface area contributed by atoms with Crippen molar-refractivity contribution < 1.29 is 9.59 Å². The fourth-order valence-electron chi connectivity index (χ4n) is 3.40. The molecule has 1 aliphatic rings. The van der Waals surface area contributed by atoms with Gasteiger partial charge in [-0.25, -0.2) is 4.98 Å². The van der Waals surface area contributed by atoms with Crippen molar-refractivity contribution in [3.8, 4) is 0 Å². The van der Waals surface area contributed by atoms with Crippen LogP contribution in [0.2, 0.25) is 10.0 Å². The maximum Gasteiger partial charge on any atom is 0.277 e. The number of carbonyl (C=O) groups is 2. The van der Waals surface area contributed by atoms with E-state index in [-0.39, 0.29) is 11.7 Å². The van der Waals surface area contributed by atoms with E-state index in [2.05, 4.69) is 4.98 Å². The number of ketones is 1. The molecule has 0 spiro atoms. The molecule has 0 aliphatic carbocycles. The predicted octanol–water partition coefficient (Wildman–Crippen LogP) is 4.36. The molecule has 0 atom stereocenters. The number of nitrogens with zero attached hydrogens (tertiary/aromatic N) is 3. The summed E-state index contributed by atoms with van der Waals surface area (Å²) in [6, 6.07) is 7.05. The van der Waals surface area contributed by atoms with Crippen LogP contribution in [0.15, 0.2) is 30.5 Å². The zero-order valence-corrected chi connectivity index (χ0v) is 15.7. The van der Waals surface area contributed by atoms with Gasteiger partial charge in [-0.3, -0.25) is 14.0 Å². The normalized spacial score (nSPS) is 13.3. The monoisotopic (exact) mass is 387 g/mol. The van der Waals surface area contributed by atoms with Gasteiger partial charge in [0.05, 0.1) is 15.7 Å². The number of Topliss-reactive ketones (excluding diaryl/α,β-unsaturated/α-hetero) is 1. The van der Waals surface area contributed by atoms with E-state index in [1.165, 1.54) is 6.92 Å². The summed E-state index contributed by atoms with van der Waals surface area (Å²) in [5, 5.41) is 0.828. The SMILES string of the molecule is CC(=O)c1ccc2c(c1)CCN2C(=O)c1c(C)nc2c(Cl)cc(Cl)cn12.